The first-order valence-corrected chi connectivity index (χ1v) is 7.37. The van der Waals surface area contributed by atoms with Gasteiger partial charge in [0, 0.05) is 25.2 Å². The van der Waals surface area contributed by atoms with Crippen LogP contribution in [0.2, 0.25) is 0 Å². The van der Waals surface area contributed by atoms with E-state index in [1.807, 2.05) is 6.92 Å². The molecule has 0 spiro atoms. The zero-order valence-corrected chi connectivity index (χ0v) is 13.0. The Kier molecular flexibility index (Phi) is 6.09. The maximum absolute atomic E-state index is 12.1. The fourth-order valence-corrected chi connectivity index (χ4v) is 2.83. The first-order chi connectivity index (χ1) is 8.53. The number of hydrogen-bond donors (Lipinski definition) is 2. The van der Waals surface area contributed by atoms with E-state index in [1.54, 1.807) is 0 Å². The van der Waals surface area contributed by atoms with Gasteiger partial charge in [0.2, 0.25) is 5.91 Å². The van der Waals surface area contributed by atoms with E-state index in [0.717, 1.165) is 44.8 Å². The van der Waals surface area contributed by atoms with Crippen molar-refractivity contribution < 1.29 is 4.79 Å². The molecule has 0 bridgehead atoms. The van der Waals surface area contributed by atoms with Crippen molar-refractivity contribution in [2.75, 3.05) is 13.1 Å². The average Bonchev–Trinajstić information content (AvgIpc) is 3.14. The summed E-state index contributed by atoms with van der Waals surface area (Å²) in [5.41, 5.74) is 5.35. The number of nitrogens with zero attached hydrogens (tertiary/aromatic N) is 1. The van der Waals surface area contributed by atoms with Crippen LogP contribution in [-0.2, 0) is 4.79 Å². The van der Waals surface area contributed by atoms with Crippen LogP contribution in [-0.4, -0.2) is 41.5 Å². The molecule has 112 valence electrons. The third-order valence-corrected chi connectivity index (χ3v) is 4.22. The Labute approximate surface area is 122 Å². The number of nitrogens with two attached hydrogens (primary N) is 1. The van der Waals surface area contributed by atoms with Gasteiger partial charge in [0.1, 0.15) is 0 Å². The van der Waals surface area contributed by atoms with E-state index in [2.05, 4.69) is 17.1 Å². The smallest absolute Gasteiger partial charge is 0.240 e. The van der Waals surface area contributed by atoms with Gasteiger partial charge >= 0.3 is 0 Å². The second-order valence-corrected chi connectivity index (χ2v) is 6.18. The van der Waals surface area contributed by atoms with E-state index < -0.39 is 5.54 Å². The van der Waals surface area contributed by atoms with Crippen LogP contribution in [0.15, 0.2) is 0 Å². The summed E-state index contributed by atoms with van der Waals surface area (Å²) in [4.78, 5) is 14.7. The molecule has 1 aliphatic heterocycles. The molecule has 1 saturated heterocycles. The molecule has 1 aliphatic carbocycles. The summed E-state index contributed by atoms with van der Waals surface area (Å²) in [6, 6.07) is 1.17. The van der Waals surface area contributed by atoms with Gasteiger partial charge in [0.15, 0.2) is 0 Å². The largest absolute Gasteiger partial charge is 0.352 e. The minimum Gasteiger partial charge on any atom is -0.352 e. The number of likely N-dealkylation sites (tertiary alicyclic amines) is 1. The third kappa shape index (κ3) is 4.62. The molecule has 1 heterocycles. The molecule has 0 aromatic heterocycles. The van der Waals surface area contributed by atoms with Crippen LogP contribution in [0.25, 0.3) is 0 Å². The summed E-state index contributed by atoms with van der Waals surface area (Å²) in [6.45, 7) is 6.16. The standard InChI is InChI=1S/C14H27N3O.ClH/c1-3-8-14(2,15)13(18)16-11-6-9-17(10-7-11)12-4-5-12;/h11-12H,3-10,15H2,1-2H3,(H,16,18);1H. The molecule has 2 fully saturated rings. The number of hydrogen-bond acceptors (Lipinski definition) is 3. The molecular weight excluding hydrogens is 262 g/mol. The minimum atomic E-state index is -0.706. The molecule has 0 aromatic carbocycles. The number of rotatable bonds is 5. The van der Waals surface area contributed by atoms with Gasteiger partial charge in [-0.25, -0.2) is 0 Å². The van der Waals surface area contributed by atoms with E-state index in [-0.39, 0.29) is 18.3 Å². The fourth-order valence-electron chi connectivity index (χ4n) is 2.83. The van der Waals surface area contributed by atoms with Gasteiger partial charge in [-0.2, -0.15) is 0 Å². The number of carbonyl (C=O) groups excluding carboxylic acids is 1. The molecule has 1 unspecified atom stereocenters. The lowest BCUT2D eigenvalue weighted by atomic mass is 9.95. The third-order valence-electron chi connectivity index (χ3n) is 4.22. The molecule has 1 saturated carbocycles. The van der Waals surface area contributed by atoms with Gasteiger partial charge in [-0.3, -0.25) is 4.79 Å². The number of piperidine rings is 1. The molecule has 3 N–H and O–H groups in total. The van der Waals surface area contributed by atoms with Crippen LogP contribution in [0.1, 0.15) is 52.4 Å². The second kappa shape index (κ2) is 6.91. The Balaban J connectivity index is 0.00000180. The summed E-state index contributed by atoms with van der Waals surface area (Å²) < 4.78 is 0. The fraction of sp³-hybridized carbons (Fsp3) is 0.929. The maximum atomic E-state index is 12.1. The van der Waals surface area contributed by atoms with E-state index in [9.17, 15) is 4.79 Å². The van der Waals surface area contributed by atoms with Gasteiger partial charge in [0.05, 0.1) is 5.54 Å². The number of halogens is 1. The molecule has 4 nitrogen and oxygen atoms in total. The Bertz CT molecular complexity index is 297. The first-order valence-electron chi connectivity index (χ1n) is 7.37. The zero-order valence-electron chi connectivity index (χ0n) is 12.2. The summed E-state index contributed by atoms with van der Waals surface area (Å²) in [7, 11) is 0. The van der Waals surface area contributed by atoms with Crippen LogP contribution in [0.4, 0.5) is 0 Å². The summed E-state index contributed by atoms with van der Waals surface area (Å²) in [5.74, 6) is 0.0224. The SMILES string of the molecule is CCCC(C)(N)C(=O)NC1CCN(C2CC2)CC1.Cl. The Morgan fingerprint density at radius 2 is 1.89 bits per heavy atom. The highest BCUT2D eigenvalue weighted by molar-refractivity contribution is 5.86. The Hall–Kier alpha value is -0.320. The molecule has 5 heteroatoms. The molecule has 0 aromatic rings. The maximum Gasteiger partial charge on any atom is 0.240 e. The number of nitrogens with one attached hydrogen (secondary N) is 1. The Morgan fingerprint density at radius 3 is 2.37 bits per heavy atom. The minimum absolute atomic E-state index is 0. The van der Waals surface area contributed by atoms with Crippen LogP contribution in [0.5, 0.6) is 0 Å². The van der Waals surface area contributed by atoms with E-state index >= 15 is 0 Å². The Morgan fingerprint density at radius 1 is 1.32 bits per heavy atom. The van der Waals surface area contributed by atoms with Gasteiger partial charge in [-0.05, 0) is 39.0 Å². The van der Waals surface area contributed by atoms with Crippen LogP contribution in [0, 0.1) is 0 Å². The average molecular weight is 290 g/mol. The quantitative estimate of drug-likeness (QED) is 0.809. The predicted octanol–water partition coefficient (Wildman–Crippen LogP) is 1.67. The van der Waals surface area contributed by atoms with Crippen LogP contribution < -0.4 is 11.1 Å². The number of carbonyl (C=O) groups is 1. The highest BCUT2D eigenvalue weighted by Crippen LogP contribution is 2.29. The van der Waals surface area contributed by atoms with Crippen molar-refractivity contribution in [3.8, 4) is 0 Å². The number of amides is 1. The first kappa shape index (κ1) is 16.7. The van der Waals surface area contributed by atoms with Crippen molar-refractivity contribution in [2.45, 2.75) is 70.0 Å². The zero-order chi connectivity index (χ0) is 13.2. The lowest BCUT2D eigenvalue weighted by Gasteiger charge is -2.34. The van der Waals surface area contributed by atoms with E-state index in [4.69, 9.17) is 5.73 Å². The molecule has 2 rings (SSSR count). The van der Waals surface area contributed by atoms with Crippen molar-refractivity contribution in [1.82, 2.24) is 10.2 Å². The monoisotopic (exact) mass is 289 g/mol. The van der Waals surface area contributed by atoms with Crippen molar-refractivity contribution in [3.63, 3.8) is 0 Å². The summed E-state index contributed by atoms with van der Waals surface area (Å²) in [6.07, 6.45) is 6.58. The topological polar surface area (TPSA) is 58.4 Å². The normalized spacial score (nSPS) is 24.4. The lowest BCUT2D eigenvalue weighted by molar-refractivity contribution is -0.127. The highest BCUT2D eigenvalue weighted by Gasteiger charge is 2.34. The second-order valence-electron chi connectivity index (χ2n) is 6.18. The summed E-state index contributed by atoms with van der Waals surface area (Å²) >= 11 is 0. The van der Waals surface area contributed by atoms with E-state index in [0.29, 0.717) is 6.04 Å². The van der Waals surface area contributed by atoms with E-state index in [1.165, 1.54) is 12.8 Å². The van der Waals surface area contributed by atoms with Crippen molar-refractivity contribution in [3.05, 3.63) is 0 Å². The van der Waals surface area contributed by atoms with Crippen molar-refractivity contribution in [2.24, 2.45) is 5.73 Å². The van der Waals surface area contributed by atoms with Crippen LogP contribution in [0.3, 0.4) is 0 Å². The van der Waals surface area contributed by atoms with Gasteiger partial charge in [0.25, 0.3) is 0 Å². The molecule has 2 aliphatic rings. The molecule has 0 radical (unpaired) electrons. The highest BCUT2D eigenvalue weighted by atomic mass is 35.5. The molecular formula is C14H28ClN3O. The van der Waals surface area contributed by atoms with Crippen molar-refractivity contribution in [1.29, 1.82) is 0 Å². The molecule has 1 atom stereocenters. The molecule has 1 amide bonds. The van der Waals surface area contributed by atoms with Crippen molar-refractivity contribution >= 4 is 18.3 Å². The van der Waals surface area contributed by atoms with Gasteiger partial charge in [-0.1, -0.05) is 13.3 Å². The predicted molar refractivity (Wildman–Crippen MR) is 80.5 cm³/mol. The summed E-state index contributed by atoms with van der Waals surface area (Å²) in [5, 5.41) is 3.13. The van der Waals surface area contributed by atoms with Crippen LogP contribution >= 0.6 is 12.4 Å². The van der Waals surface area contributed by atoms with Gasteiger partial charge in [-0.15, -0.1) is 12.4 Å². The molecule has 19 heavy (non-hydrogen) atoms. The van der Waals surface area contributed by atoms with Gasteiger partial charge < -0.3 is 16.0 Å². The lowest BCUT2D eigenvalue weighted by Crippen LogP contribution is -2.55.